The van der Waals surface area contributed by atoms with Gasteiger partial charge in [0.05, 0.1) is 57.8 Å². The summed E-state index contributed by atoms with van der Waals surface area (Å²) in [4.78, 5) is 25.5. The van der Waals surface area contributed by atoms with E-state index in [0.717, 1.165) is 43.4 Å². The highest BCUT2D eigenvalue weighted by Gasteiger charge is 2.24. The predicted octanol–water partition coefficient (Wildman–Crippen LogP) is 0.670. The molecule has 10 heteroatoms. The topological polar surface area (TPSA) is 71.4 Å². The van der Waals surface area contributed by atoms with Gasteiger partial charge in [0, 0.05) is 9.79 Å². The molecule has 8 nitrogen and oxygen atoms in total. The zero-order valence-corrected chi connectivity index (χ0v) is 22.6. The first kappa shape index (κ1) is 26.9. The molecule has 0 atom stereocenters. The number of amides is 1. The molecular formula is C27H32ClN5O3S. The summed E-state index contributed by atoms with van der Waals surface area (Å²) in [7, 11) is 2.21. The van der Waals surface area contributed by atoms with Crippen molar-refractivity contribution >= 4 is 40.7 Å². The molecule has 1 aromatic heterocycles. The van der Waals surface area contributed by atoms with Crippen LogP contribution in [0.4, 0.5) is 27.7 Å². The monoisotopic (exact) mass is 541 g/mol. The molecule has 0 unspecified atom stereocenters. The zero-order chi connectivity index (χ0) is 24.9. The largest absolute Gasteiger partial charge is 1.00 e. The van der Waals surface area contributed by atoms with Crippen LogP contribution in [-0.4, -0.2) is 64.1 Å². The Hall–Kier alpha value is -3.14. The van der Waals surface area contributed by atoms with Crippen LogP contribution >= 0.6 is 11.8 Å². The molecular weight excluding hydrogens is 510 g/mol. The summed E-state index contributed by atoms with van der Waals surface area (Å²) < 4.78 is 11.3. The summed E-state index contributed by atoms with van der Waals surface area (Å²) in [5.41, 5.74) is 2.83. The molecule has 3 heterocycles. The highest BCUT2D eigenvalue weighted by Crippen LogP contribution is 2.47. The molecule has 0 bridgehead atoms. The molecule has 1 amide bonds. The number of aromatic nitrogens is 1. The number of fused-ring (bicyclic) bond motifs is 2. The van der Waals surface area contributed by atoms with Gasteiger partial charge >= 0.3 is 6.09 Å². The number of hydrogen-bond donors (Lipinski definition) is 2. The molecule has 0 aliphatic carbocycles. The zero-order valence-electron chi connectivity index (χ0n) is 21.1. The van der Waals surface area contributed by atoms with E-state index in [9.17, 15) is 4.79 Å². The van der Waals surface area contributed by atoms with E-state index in [1.807, 2.05) is 12.1 Å². The van der Waals surface area contributed by atoms with E-state index in [0.29, 0.717) is 31.3 Å². The molecule has 3 aromatic rings. The minimum atomic E-state index is -0.518. The van der Waals surface area contributed by atoms with Crippen molar-refractivity contribution < 1.29 is 31.6 Å². The van der Waals surface area contributed by atoms with Crippen LogP contribution < -0.4 is 37.2 Å². The smallest absolute Gasteiger partial charge is 0.411 e. The lowest BCUT2D eigenvalue weighted by Crippen LogP contribution is -3.12. The number of nitrogens with one attached hydrogen (secondary N) is 2. The number of likely N-dealkylation sites (N-methyl/N-ethyl adjacent to an activating group) is 1. The third-order valence-corrected chi connectivity index (χ3v) is 7.51. The summed E-state index contributed by atoms with van der Waals surface area (Å²) in [5.74, 6) is 1.26. The summed E-state index contributed by atoms with van der Waals surface area (Å²) in [6.45, 7) is 7.09. The van der Waals surface area contributed by atoms with Gasteiger partial charge in [-0.1, -0.05) is 36.0 Å². The minimum Gasteiger partial charge on any atom is -1.00 e. The Bertz CT molecular complexity index is 1180. The maximum Gasteiger partial charge on any atom is 0.411 e. The molecule has 37 heavy (non-hydrogen) atoms. The Morgan fingerprint density at radius 3 is 2.32 bits per heavy atom. The van der Waals surface area contributed by atoms with Crippen LogP contribution in [0.2, 0.25) is 0 Å². The molecule has 0 saturated carbocycles. The van der Waals surface area contributed by atoms with Gasteiger partial charge in [0.1, 0.15) is 18.1 Å². The van der Waals surface area contributed by atoms with E-state index in [1.54, 1.807) is 18.7 Å². The number of ether oxygens (including phenoxy) is 2. The second-order valence-electron chi connectivity index (χ2n) is 8.85. The fourth-order valence-electron chi connectivity index (χ4n) is 4.46. The normalized spacial score (nSPS) is 14.8. The average molecular weight is 542 g/mol. The van der Waals surface area contributed by atoms with Gasteiger partial charge in [0.25, 0.3) is 0 Å². The van der Waals surface area contributed by atoms with E-state index in [2.05, 4.69) is 70.7 Å². The van der Waals surface area contributed by atoms with Crippen molar-refractivity contribution in [2.45, 2.75) is 16.7 Å². The number of carbonyl (C=O) groups is 1. The Balaban J connectivity index is 0.00000320. The Kier molecular flexibility index (Phi) is 9.02. The molecule has 0 spiro atoms. The number of anilines is 4. The first-order valence-corrected chi connectivity index (χ1v) is 13.2. The maximum absolute atomic E-state index is 12.1. The molecule has 0 radical (unpaired) electrons. The SMILES string of the molecule is CCOC(=O)Nc1ccc(N2CC[NH+](C)CC2)nc1OCCN1c2ccccc2Sc2ccccc21.[Cl-]. The number of hydrogen-bond acceptors (Lipinski definition) is 7. The summed E-state index contributed by atoms with van der Waals surface area (Å²) in [6.07, 6.45) is -0.518. The van der Waals surface area contributed by atoms with E-state index in [4.69, 9.17) is 14.5 Å². The molecule has 2 aromatic carbocycles. The number of rotatable bonds is 7. The Labute approximate surface area is 228 Å². The van der Waals surface area contributed by atoms with Crippen molar-refractivity contribution in [3.8, 4) is 5.88 Å². The van der Waals surface area contributed by atoms with Gasteiger partial charge < -0.3 is 36.6 Å². The molecule has 5 rings (SSSR count). The van der Waals surface area contributed by atoms with Gasteiger partial charge in [-0.2, -0.15) is 4.98 Å². The number of benzene rings is 2. The second-order valence-corrected chi connectivity index (χ2v) is 9.93. The number of para-hydroxylation sites is 2. The molecule has 196 valence electrons. The molecule has 2 N–H and O–H groups in total. The average Bonchev–Trinajstić information content (AvgIpc) is 2.89. The van der Waals surface area contributed by atoms with E-state index in [-0.39, 0.29) is 12.4 Å². The standard InChI is InChI=1S/C27H31N5O3S.ClH/c1-3-34-27(33)28-20-12-13-25(31-16-14-30(2)15-17-31)29-26(20)35-19-18-32-21-8-4-6-10-23(21)36-24-11-7-5-9-22(24)32;/h4-13H,3,14-19H2,1-2H3,(H,28,33);1H. The van der Waals surface area contributed by atoms with E-state index in [1.165, 1.54) is 14.7 Å². The van der Waals surface area contributed by atoms with Crippen molar-refractivity contribution in [2.24, 2.45) is 0 Å². The van der Waals surface area contributed by atoms with E-state index < -0.39 is 6.09 Å². The molecule has 2 aliphatic heterocycles. The Morgan fingerprint density at radius 1 is 1.03 bits per heavy atom. The Morgan fingerprint density at radius 2 is 1.68 bits per heavy atom. The van der Waals surface area contributed by atoms with Crippen LogP contribution in [0.3, 0.4) is 0 Å². The van der Waals surface area contributed by atoms with Crippen molar-refractivity contribution in [3.63, 3.8) is 0 Å². The van der Waals surface area contributed by atoms with Gasteiger partial charge in [-0.25, -0.2) is 4.79 Å². The summed E-state index contributed by atoms with van der Waals surface area (Å²) >= 11 is 1.78. The lowest BCUT2D eigenvalue weighted by atomic mass is 10.2. The van der Waals surface area contributed by atoms with Gasteiger partial charge in [0.2, 0.25) is 5.88 Å². The van der Waals surface area contributed by atoms with Crippen LogP contribution in [-0.2, 0) is 4.74 Å². The maximum atomic E-state index is 12.1. The summed E-state index contributed by atoms with van der Waals surface area (Å²) in [5, 5.41) is 2.78. The van der Waals surface area contributed by atoms with E-state index >= 15 is 0 Å². The predicted molar refractivity (Wildman–Crippen MR) is 143 cm³/mol. The summed E-state index contributed by atoms with van der Waals surface area (Å²) in [6, 6.07) is 20.6. The van der Waals surface area contributed by atoms with Gasteiger partial charge in [-0.3, -0.25) is 5.32 Å². The van der Waals surface area contributed by atoms with Crippen molar-refractivity contribution in [2.75, 3.05) is 68.1 Å². The number of piperazine rings is 1. The van der Waals surface area contributed by atoms with Crippen molar-refractivity contribution in [3.05, 3.63) is 60.7 Å². The molecule has 1 saturated heterocycles. The number of quaternary nitrogens is 1. The lowest BCUT2D eigenvalue weighted by molar-refractivity contribution is -0.880. The fourth-order valence-corrected chi connectivity index (χ4v) is 5.56. The second kappa shape index (κ2) is 12.4. The molecule has 2 aliphatic rings. The van der Waals surface area contributed by atoms with Crippen LogP contribution in [0.5, 0.6) is 5.88 Å². The van der Waals surface area contributed by atoms with Crippen LogP contribution in [0.15, 0.2) is 70.5 Å². The third kappa shape index (κ3) is 6.23. The van der Waals surface area contributed by atoms with Gasteiger partial charge in [-0.05, 0) is 43.3 Å². The molecule has 1 fully saturated rings. The van der Waals surface area contributed by atoms with Crippen LogP contribution in [0, 0.1) is 0 Å². The highest BCUT2D eigenvalue weighted by atomic mass is 35.5. The number of pyridine rings is 1. The fraction of sp³-hybridized carbons (Fsp3) is 0.333. The lowest BCUT2D eigenvalue weighted by Gasteiger charge is -2.33. The first-order valence-electron chi connectivity index (χ1n) is 12.4. The van der Waals surface area contributed by atoms with Crippen LogP contribution in [0.25, 0.3) is 0 Å². The number of halogens is 1. The number of carbonyl (C=O) groups excluding carboxylic acids is 1. The minimum absolute atomic E-state index is 0. The van der Waals surface area contributed by atoms with Crippen molar-refractivity contribution in [1.29, 1.82) is 0 Å². The number of nitrogens with zero attached hydrogens (tertiary/aromatic N) is 3. The van der Waals surface area contributed by atoms with Crippen molar-refractivity contribution in [1.82, 2.24) is 4.98 Å². The van der Waals surface area contributed by atoms with Crippen LogP contribution in [0.1, 0.15) is 6.92 Å². The first-order chi connectivity index (χ1) is 17.6. The highest BCUT2D eigenvalue weighted by molar-refractivity contribution is 7.99. The van der Waals surface area contributed by atoms with Gasteiger partial charge in [-0.15, -0.1) is 0 Å². The third-order valence-electron chi connectivity index (χ3n) is 6.38. The quantitative estimate of drug-likeness (QED) is 0.456. The van der Waals surface area contributed by atoms with Gasteiger partial charge in [0.15, 0.2) is 0 Å².